The van der Waals surface area contributed by atoms with Crippen molar-refractivity contribution < 1.29 is 4.79 Å². The van der Waals surface area contributed by atoms with Crippen LogP contribution in [0.15, 0.2) is 24.4 Å². The van der Waals surface area contributed by atoms with Gasteiger partial charge in [-0.3, -0.25) is 14.9 Å². The van der Waals surface area contributed by atoms with E-state index in [0.29, 0.717) is 25.4 Å². The molecular formula is C19H26N6O. The Morgan fingerprint density at radius 3 is 2.88 bits per heavy atom. The summed E-state index contributed by atoms with van der Waals surface area (Å²) in [7, 11) is 0. The summed E-state index contributed by atoms with van der Waals surface area (Å²) in [6, 6.07) is 5.15. The fraction of sp³-hybridized carbons (Fsp3) is 0.526. The average molecular weight is 354 g/mol. The Morgan fingerprint density at radius 1 is 1.35 bits per heavy atom. The highest BCUT2D eigenvalue weighted by Crippen LogP contribution is 2.38. The molecule has 3 heterocycles. The number of H-pyrrole nitrogens is 1. The zero-order valence-electron chi connectivity index (χ0n) is 15.2. The molecule has 0 spiro atoms. The van der Waals surface area contributed by atoms with Crippen molar-refractivity contribution in [3.05, 3.63) is 41.3 Å². The highest BCUT2D eigenvalue weighted by molar-refractivity contribution is 5.82. The van der Waals surface area contributed by atoms with Gasteiger partial charge in [0, 0.05) is 55.7 Å². The molecule has 7 heteroatoms. The van der Waals surface area contributed by atoms with Crippen molar-refractivity contribution in [3.8, 4) is 0 Å². The molecule has 0 bridgehead atoms. The molecule has 26 heavy (non-hydrogen) atoms. The van der Waals surface area contributed by atoms with E-state index < -0.39 is 6.04 Å². The maximum absolute atomic E-state index is 12.7. The molecule has 4 rings (SSSR count). The van der Waals surface area contributed by atoms with Crippen LogP contribution in [-0.4, -0.2) is 58.2 Å². The number of amides is 1. The van der Waals surface area contributed by atoms with Crippen LogP contribution in [-0.2, 0) is 17.6 Å². The minimum Gasteiger partial charge on any atom is -0.351 e. The number of anilines is 1. The van der Waals surface area contributed by atoms with Crippen LogP contribution in [0.25, 0.3) is 0 Å². The molecule has 0 radical (unpaired) electrons. The number of hydrogen-bond acceptors (Lipinski definition) is 5. The molecule has 2 aliphatic rings. The van der Waals surface area contributed by atoms with Gasteiger partial charge in [0.2, 0.25) is 5.91 Å². The summed E-state index contributed by atoms with van der Waals surface area (Å²) in [6.45, 7) is 5.23. The number of rotatable bonds is 4. The first-order chi connectivity index (χ1) is 12.6. The molecule has 3 N–H and O–H groups in total. The van der Waals surface area contributed by atoms with E-state index in [1.165, 1.54) is 17.7 Å². The summed E-state index contributed by atoms with van der Waals surface area (Å²) in [5, 5.41) is 7.73. The number of pyridine rings is 1. The molecule has 0 unspecified atom stereocenters. The standard InChI is InChI=1S/C19H26N6O/c1-13-5-6-16-17(13)18(23-22-16)24-8-10-25(11-9-24)19(26)15(20)12-14-4-2-3-7-21-14/h2-4,7,13,15H,5-6,8-12,20H2,1H3,(H,22,23)/t13-,15-/m1/s1. The van der Waals surface area contributed by atoms with E-state index in [0.717, 1.165) is 31.0 Å². The van der Waals surface area contributed by atoms with E-state index >= 15 is 0 Å². The van der Waals surface area contributed by atoms with Crippen molar-refractivity contribution in [2.24, 2.45) is 5.73 Å². The molecule has 1 aliphatic heterocycles. The normalized spacial score (nSPS) is 20.9. The lowest BCUT2D eigenvalue weighted by atomic mass is 10.1. The number of fused-ring (bicyclic) bond motifs is 1. The summed E-state index contributed by atoms with van der Waals surface area (Å²) in [4.78, 5) is 21.1. The number of carbonyl (C=O) groups is 1. The Balaban J connectivity index is 1.35. The minimum atomic E-state index is -0.536. The third kappa shape index (κ3) is 3.19. The number of nitrogens with two attached hydrogens (primary N) is 1. The number of aryl methyl sites for hydroxylation is 1. The highest BCUT2D eigenvalue weighted by Gasteiger charge is 2.31. The van der Waals surface area contributed by atoms with Crippen LogP contribution in [0.2, 0.25) is 0 Å². The zero-order valence-corrected chi connectivity index (χ0v) is 15.2. The van der Waals surface area contributed by atoms with Crippen molar-refractivity contribution in [1.29, 1.82) is 0 Å². The summed E-state index contributed by atoms with van der Waals surface area (Å²) < 4.78 is 0. The van der Waals surface area contributed by atoms with Crippen molar-refractivity contribution in [3.63, 3.8) is 0 Å². The predicted octanol–water partition coefficient (Wildman–Crippen LogP) is 1.07. The number of aromatic nitrogens is 3. The number of hydrogen-bond donors (Lipinski definition) is 2. The fourth-order valence-corrected chi connectivity index (χ4v) is 4.04. The molecule has 0 aromatic carbocycles. The van der Waals surface area contributed by atoms with Crippen LogP contribution in [0.4, 0.5) is 5.82 Å². The SMILES string of the molecule is C[C@@H]1CCc2[nH]nc(N3CCN(C(=O)[C@H](N)Cc4ccccn4)CC3)c21. The topological polar surface area (TPSA) is 91.1 Å². The van der Waals surface area contributed by atoms with Gasteiger partial charge in [-0.25, -0.2) is 0 Å². The summed E-state index contributed by atoms with van der Waals surface area (Å²) >= 11 is 0. The first kappa shape index (κ1) is 17.0. The van der Waals surface area contributed by atoms with Crippen LogP contribution < -0.4 is 10.6 Å². The predicted molar refractivity (Wildman–Crippen MR) is 100 cm³/mol. The molecule has 2 atom stereocenters. The molecule has 1 saturated heterocycles. The van der Waals surface area contributed by atoms with Crippen LogP contribution in [0.5, 0.6) is 0 Å². The van der Waals surface area contributed by atoms with Gasteiger partial charge < -0.3 is 15.5 Å². The van der Waals surface area contributed by atoms with Gasteiger partial charge >= 0.3 is 0 Å². The summed E-state index contributed by atoms with van der Waals surface area (Å²) in [6.07, 6.45) is 4.49. The van der Waals surface area contributed by atoms with Gasteiger partial charge in [-0.15, -0.1) is 0 Å². The van der Waals surface area contributed by atoms with Gasteiger partial charge in [0.15, 0.2) is 5.82 Å². The van der Waals surface area contributed by atoms with E-state index in [-0.39, 0.29) is 5.91 Å². The highest BCUT2D eigenvalue weighted by atomic mass is 16.2. The van der Waals surface area contributed by atoms with E-state index in [9.17, 15) is 4.79 Å². The smallest absolute Gasteiger partial charge is 0.240 e. The zero-order chi connectivity index (χ0) is 18.1. The van der Waals surface area contributed by atoms with Crippen LogP contribution in [0, 0.1) is 0 Å². The fourth-order valence-electron chi connectivity index (χ4n) is 4.04. The molecule has 2 aromatic rings. The second kappa shape index (κ2) is 7.07. The van der Waals surface area contributed by atoms with E-state index in [1.807, 2.05) is 23.1 Å². The van der Waals surface area contributed by atoms with E-state index in [4.69, 9.17) is 5.73 Å². The lowest BCUT2D eigenvalue weighted by Gasteiger charge is -2.36. The number of carbonyl (C=O) groups excluding carboxylic acids is 1. The lowest BCUT2D eigenvalue weighted by Crippen LogP contribution is -2.54. The lowest BCUT2D eigenvalue weighted by molar-refractivity contribution is -0.132. The van der Waals surface area contributed by atoms with Crippen molar-refractivity contribution in [1.82, 2.24) is 20.1 Å². The Labute approximate surface area is 153 Å². The van der Waals surface area contributed by atoms with Gasteiger partial charge in [0.1, 0.15) is 0 Å². The van der Waals surface area contributed by atoms with Crippen LogP contribution in [0.1, 0.15) is 36.2 Å². The van der Waals surface area contributed by atoms with E-state index in [2.05, 4.69) is 27.0 Å². The Bertz CT molecular complexity index is 766. The maximum atomic E-state index is 12.7. The Morgan fingerprint density at radius 2 is 2.15 bits per heavy atom. The Kier molecular flexibility index (Phi) is 4.63. The van der Waals surface area contributed by atoms with Crippen molar-refractivity contribution >= 4 is 11.7 Å². The van der Waals surface area contributed by atoms with Gasteiger partial charge in [0.25, 0.3) is 0 Å². The summed E-state index contributed by atoms with van der Waals surface area (Å²) in [5.41, 5.74) is 9.65. The van der Waals surface area contributed by atoms with Crippen LogP contribution >= 0.6 is 0 Å². The Hall–Kier alpha value is -2.41. The maximum Gasteiger partial charge on any atom is 0.240 e. The van der Waals surface area contributed by atoms with Gasteiger partial charge in [-0.2, -0.15) is 5.10 Å². The first-order valence-electron chi connectivity index (χ1n) is 9.40. The monoisotopic (exact) mass is 354 g/mol. The molecule has 1 aliphatic carbocycles. The van der Waals surface area contributed by atoms with Gasteiger partial charge in [-0.1, -0.05) is 13.0 Å². The number of piperazine rings is 1. The third-order valence-electron chi connectivity index (χ3n) is 5.55. The quantitative estimate of drug-likeness (QED) is 0.857. The molecular weight excluding hydrogens is 328 g/mol. The second-order valence-corrected chi connectivity index (χ2v) is 7.32. The third-order valence-corrected chi connectivity index (χ3v) is 5.55. The van der Waals surface area contributed by atoms with Gasteiger partial charge in [0.05, 0.1) is 6.04 Å². The molecule has 1 fully saturated rings. The molecule has 0 saturated carbocycles. The molecule has 2 aromatic heterocycles. The second-order valence-electron chi connectivity index (χ2n) is 7.32. The minimum absolute atomic E-state index is 0.0101. The van der Waals surface area contributed by atoms with E-state index in [1.54, 1.807) is 6.20 Å². The average Bonchev–Trinajstić information content (AvgIpc) is 3.25. The van der Waals surface area contributed by atoms with Crippen molar-refractivity contribution in [2.75, 3.05) is 31.1 Å². The number of nitrogens with one attached hydrogen (secondary N) is 1. The number of aromatic amines is 1. The first-order valence-corrected chi connectivity index (χ1v) is 9.40. The number of nitrogens with zero attached hydrogens (tertiary/aromatic N) is 4. The van der Waals surface area contributed by atoms with Gasteiger partial charge in [-0.05, 0) is 30.9 Å². The summed E-state index contributed by atoms with van der Waals surface area (Å²) in [5.74, 6) is 1.65. The largest absolute Gasteiger partial charge is 0.351 e. The molecule has 7 nitrogen and oxygen atoms in total. The molecule has 1 amide bonds. The van der Waals surface area contributed by atoms with Crippen molar-refractivity contribution in [2.45, 2.75) is 38.1 Å². The molecule has 138 valence electrons. The van der Waals surface area contributed by atoms with Crippen LogP contribution in [0.3, 0.4) is 0 Å².